The molecule has 0 aliphatic rings. The molecule has 16 heavy (non-hydrogen) atoms. The average molecular weight is 236 g/mol. The monoisotopic (exact) mass is 236 g/mol. The molecular formula is C9H9F3NO3+. The van der Waals surface area contributed by atoms with Gasteiger partial charge >= 0.3 is 11.9 Å². The Morgan fingerprint density at radius 2 is 1.88 bits per heavy atom. The Hall–Kier alpha value is -1.79. The number of alkyl halides is 3. The third kappa shape index (κ3) is 2.41. The van der Waals surface area contributed by atoms with Crippen molar-refractivity contribution in [2.45, 2.75) is 6.18 Å². The molecule has 1 aromatic rings. The number of ether oxygens (including phenoxy) is 1. The molecule has 0 N–H and O–H groups in total. The van der Waals surface area contributed by atoms with Crippen LogP contribution in [0.2, 0.25) is 0 Å². The molecule has 0 unspecified atom stereocenters. The predicted octanol–water partition coefficient (Wildman–Crippen LogP) is 2.69. The molecule has 0 aliphatic heterocycles. The van der Waals surface area contributed by atoms with E-state index in [0.29, 0.717) is 0 Å². The maximum absolute atomic E-state index is 12.6. The molecule has 0 fully saturated rings. The second kappa shape index (κ2) is 4.38. The van der Waals surface area contributed by atoms with E-state index in [-0.39, 0.29) is 10.7 Å². The van der Waals surface area contributed by atoms with Crippen molar-refractivity contribution in [1.29, 1.82) is 0 Å². The van der Waals surface area contributed by atoms with Crippen LogP contribution in [0.3, 0.4) is 0 Å². The van der Waals surface area contributed by atoms with Gasteiger partial charge in [0.25, 0.3) is 4.92 Å². The fourth-order valence-corrected chi connectivity index (χ4v) is 1.13. The van der Waals surface area contributed by atoms with Crippen LogP contribution in [0.5, 0.6) is 5.75 Å². The normalized spacial score (nSPS) is 11.1. The minimum Gasteiger partial charge on any atom is -0.497 e. The summed E-state index contributed by atoms with van der Waals surface area (Å²) in [6.07, 6.45) is -4.65. The zero-order chi connectivity index (χ0) is 12.3. The van der Waals surface area contributed by atoms with Gasteiger partial charge in [0.05, 0.1) is 12.0 Å². The molecule has 0 aliphatic carbocycles. The Kier molecular flexibility index (Phi) is 3.36. The smallest absolute Gasteiger partial charge is 0.423 e. The molecule has 0 atom stereocenters. The molecule has 0 aromatic heterocycles. The molecule has 0 bridgehead atoms. The van der Waals surface area contributed by atoms with Gasteiger partial charge in [-0.05, 0) is 12.1 Å². The van der Waals surface area contributed by atoms with Crippen molar-refractivity contribution in [1.82, 2.24) is 0 Å². The summed E-state index contributed by atoms with van der Waals surface area (Å²) >= 11 is 0. The molecular weight excluding hydrogens is 227 g/mol. The van der Waals surface area contributed by atoms with E-state index in [1.54, 1.807) is 0 Å². The molecule has 88 valence electrons. The zero-order valence-corrected chi connectivity index (χ0v) is 8.54. The van der Waals surface area contributed by atoms with Crippen molar-refractivity contribution >= 4 is 5.69 Å². The Morgan fingerprint density at radius 3 is 2.31 bits per heavy atom. The number of hydrogen-bond donors (Lipinski definition) is 0. The van der Waals surface area contributed by atoms with E-state index in [9.17, 15) is 18.1 Å². The van der Waals surface area contributed by atoms with Crippen molar-refractivity contribution in [3.05, 3.63) is 28.7 Å². The number of methoxy groups -OCH3 is 1. The van der Waals surface area contributed by atoms with Crippen LogP contribution >= 0.6 is 0 Å². The van der Waals surface area contributed by atoms with Crippen LogP contribution in [0.4, 0.5) is 18.9 Å². The number of benzene rings is 1. The Bertz CT molecular complexity index is 403. The minimum atomic E-state index is -4.65. The summed E-state index contributed by atoms with van der Waals surface area (Å²) < 4.78 is 42.4. The highest BCUT2D eigenvalue weighted by Gasteiger charge is 2.40. The highest BCUT2D eigenvalue weighted by molar-refractivity contribution is 5.46. The third-order valence-electron chi connectivity index (χ3n) is 1.87. The van der Waals surface area contributed by atoms with E-state index in [0.717, 1.165) is 19.2 Å². The topological polar surface area (TPSA) is 38.5 Å². The quantitative estimate of drug-likeness (QED) is 0.757. The molecule has 1 rings (SSSR count). The minimum absolute atomic E-state index is 0.0144. The van der Waals surface area contributed by atoms with Gasteiger partial charge in [-0.25, -0.2) is 4.84 Å². The molecule has 0 saturated carbocycles. The Balaban J connectivity index is 3.33. The van der Waals surface area contributed by atoms with Crippen LogP contribution in [0.15, 0.2) is 18.2 Å². The molecule has 4 nitrogen and oxygen atoms in total. The van der Waals surface area contributed by atoms with Crippen LogP contribution in [0, 0.1) is 4.91 Å². The van der Waals surface area contributed by atoms with Gasteiger partial charge < -0.3 is 4.74 Å². The van der Waals surface area contributed by atoms with Gasteiger partial charge in [0, 0.05) is 6.07 Å². The van der Waals surface area contributed by atoms with Crippen molar-refractivity contribution in [2.75, 3.05) is 14.2 Å². The van der Waals surface area contributed by atoms with E-state index in [1.165, 1.54) is 13.2 Å². The first-order valence-corrected chi connectivity index (χ1v) is 4.16. The number of halogens is 3. The van der Waals surface area contributed by atoms with Gasteiger partial charge in [-0.15, -0.1) is 0 Å². The maximum Gasteiger partial charge on any atom is 0.423 e. The molecule has 0 heterocycles. The van der Waals surface area contributed by atoms with Gasteiger partial charge in [0.1, 0.15) is 11.3 Å². The van der Waals surface area contributed by atoms with Crippen molar-refractivity contribution in [2.24, 2.45) is 0 Å². The van der Waals surface area contributed by atoms with Gasteiger partial charge in [0.15, 0.2) is 7.11 Å². The van der Waals surface area contributed by atoms with Crippen LogP contribution in [0.1, 0.15) is 5.56 Å². The predicted molar refractivity (Wildman–Crippen MR) is 48.3 cm³/mol. The van der Waals surface area contributed by atoms with Crippen molar-refractivity contribution < 1.29 is 27.7 Å². The van der Waals surface area contributed by atoms with E-state index in [4.69, 9.17) is 0 Å². The fraction of sp³-hybridized carbons (Fsp3) is 0.333. The summed E-state index contributed by atoms with van der Waals surface area (Å²) in [5.74, 6) is 0.0144. The summed E-state index contributed by atoms with van der Waals surface area (Å²) in [7, 11) is 2.22. The lowest BCUT2D eigenvalue weighted by atomic mass is 10.1. The van der Waals surface area contributed by atoms with Crippen LogP contribution in [0.25, 0.3) is 0 Å². The van der Waals surface area contributed by atoms with Crippen LogP contribution in [-0.2, 0) is 11.0 Å². The summed E-state index contributed by atoms with van der Waals surface area (Å²) in [5, 5.41) is 0. The number of rotatable bonds is 3. The summed E-state index contributed by atoms with van der Waals surface area (Å²) in [5.41, 5.74) is -1.72. The molecule has 0 amide bonds. The first kappa shape index (κ1) is 12.3. The first-order chi connectivity index (χ1) is 7.40. The van der Waals surface area contributed by atoms with Gasteiger partial charge in [-0.2, -0.15) is 13.2 Å². The maximum atomic E-state index is 12.6. The largest absolute Gasteiger partial charge is 0.497 e. The van der Waals surface area contributed by atoms with Gasteiger partial charge in [0.2, 0.25) is 0 Å². The van der Waals surface area contributed by atoms with Gasteiger partial charge in [-0.3, -0.25) is 0 Å². The average Bonchev–Trinajstić information content (AvgIpc) is 2.26. The lowest BCUT2D eigenvalue weighted by Crippen LogP contribution is -2.11. The Labute approximate surface area is 89.1 Å². The molecule has 0 saturated heterocycles. The van der Waals surface area contributed by atoms with Crippen LogP contribution in [-0.4, -0.2) is 19.1 Å². The van der Waals surface area contributed by atoms with Gasteiger partial charge in [-0.1, -0.05) is 0 Å². The van der Waals surface area contributed by atoms with Crippen LogP contribution < -0.4 is 4.74 Å². The zero-order valence-electron chi connectivity index (χ0n) is 8.54. The van der Waals surface area contributed by atoms with E-state index >= 15 is 0 Å². The second-order valence-corrected chi connectivity index (χ2v) is 2.82. The molecule has 7 heteroatoms. The second-order valence-electron chi connectivity index (χ2n) is 2.82. The van der Waals surface area contributed by atoms with E-state index in [2.05, 4.69) is 9.57 Å². The highest BCUT2D eigenvalue weighted by atomic mass is 19.4. The standard InChI is InChI=1S/C9H9F3NO3/c1-15-6-3-4-8(13(14)16-2)7(5-6)9(10,11)12/h3-5H,1-2H3/q+1. The Morgan fingerprint density at radius 1 is 1.25 bits per heavy atom. The molecule has 0 radical (unpaired) electrons. The third-order valence-corrected chi connectivity index (χ3v) is 1.87. The van der Waals surface area contributed by atoms with Crippen molar-refractivity contribution in [3.8, 4) is 5.75 Å². The first-order valence-electron chi connectivity index (χ1n) is 4.16. The van der Waals surface area contributed by atoms with E-state index in [1.807, 2.05) is 0 Å². The summed E-state index contributed by atoms with van der Waals surface area (Å²) in [6, 6.07) is 2.96. The number of hydrogen-bond acceptors (Lipinski definition) is 3. The van der Waals surface area contributed by atoms with Crippen molar-refractivity contribution in [3.63, 3.8) is 0 Å². The molecule has 1 aromatic carbocycles. The lowest BCUT2D eigenvalue weighted by molar-refractivity contribution is -0.737. The fourth-order valence-electron chi connectivity index (χ4n) is 1.13. The summed E-state index contributed by atoms with van der Waals surface area (Å²) in [4.78, 5) is 15.0. The van der Waals surface area contributed by atoms with E-state index < -0.39 is 17.4 Å². The number of nitrogens with zero attached hydrogens (tertiary/aromatic N) is 1. The lowest BCUT2D eigenvalue weighted by Gasteiger charge is -2.07. The summed E-state index contributed by atoms with van der Waals surface area (Å²) in [6.45, 7) is 0. The highest BCUT2D eigenvalue weighted by Crippen LogP contribution is 2.38. The molecule has 0 spiro atoms. The SMILES string of the molecule is COc1ccc([N+](=O)OC)c(C(F)(F)F)c1.